The molecule has 8 heteroatoms. The lowest BCUT2D eigenvalue weighted by molar-refractivity contribution is 0.788. The van der Waals surface area contributed by atoms with Crippen molar-refractivity contribution in [2.24, 2.45) is 7.05 Å². The Bertz CT molecular complexity index is 436. The van der Waals surface area contributed by atoms with Gasteiger partial charge in [-0.1, -0.05) is 23.1 Å². The fourth-order valence-electron chi connectivity index (χ4n) is 0.943. The average Bonchev–Trinajstić information content (AvgIpc) is 2.84. The average molecular weight is 242 g/mol. The molecular weight excluding hydrogens is 232 g/mol. The number of anilines is 1. The van der Waals surface area contributed by atoms with Gasteiger partial charge in [0.05, 0.1) is 5.75 Å². The summed E-state index contributed by atoms with van der Waals surface area (Å²) in [5.41, 5.74) is 0. The van der Waals surface area contributed by atoms with E-state index in [4.69, 9.17) is 0 Å². The number of rotatable bonds is 4. The van der Waals surface area contributed by atoms with E-state index in [1.54, 1.807) is 29.4 Å². The van der Waals surface area contributed by atoms with Gasteiger partial charge in [-0.15, -0.1) is 20.4 Å². The second kappa shape index (κ2) is 4.58. The van der Waals surface area contributed by atoms with Crippen molar-refractivity contribution in [3.8, 4) is 0 Å². The van der Waals surface area contributed by atoms with Gasteiger partial charge >= 0.3 is 0 Å². The molecule has 1 N–H and O–H groups in total. The molecule has 2 aromatic rings. The van der Waals surface area contributed by atoms with Crippen LogP contribution in [-0.2, 0) is 12.8 Å². The monoisotopic (exact) mass is 242 g/mol. The predicted octanol–water partition coefficient (Wildman–Crippen LogP) is 1.00. The van der Waals surface area contributed by atoms with Gasteiger partial charge in [0.25, 0.3) is 0 Å². The van der Waals surface area contributed by atoms with Gasteiger partial charge in [0, 0.05) is 14.1 Å². The zero-order valence-electron chi connectivity index (χ0n) is 8.34. The van der Waals surface area contributed by atoms with Gasteiger partial charge < -0.3 is 9.88 Å². The van der Waals surface area contributed by atoms with Crippen molar-refractivity contribution in [3.63, 3.8) is 0 Å². The predicted molar refractivity (Wildman–Crippen MR) is 60.0 cm³/mol. The highest BCUT2D eigenvalue weighted by atomic mass is 32.2. The van der Waals surface area contributed by atoms with Crippen LogP contribution in [0, 0.1) is 0 Å². The summed E-state index contributed by atoms with van der Waals surface area (Å²) >= 11 is 3.15. The van der Waals surface area contributed by atoms with Crippen LogP contribution in [0.25, 0.3) is 0 Å². The fraction of sp³-hybridized carbons (Fsp3) is 0.429. The zero-order valence-corrected chi connectivity index (χ0v) is 9.97. The molecule has 2 rings (SSSR count). The normalized spacial score (nSPS) is 10.5. The van der Waals surface area contributed by atoms with Crippen molar-refractivity contribution < 1.29 is 0 Å². The third kappa shape index (κ3) is 2.45. The Balaban J connectivity index is 1.96. The Morgan fingerprint density at radius 3 is 2.93 bits per heavy atom. The number of hydrogen-bond acceptors (Lipinski definition) is 7. The molecule has 0 unspecified atom stereocenters. The first-order valence-electron chi connectivity index (χ1n) is 4.26. The van der Waals surface area contributed by atoms with Crippen LogP contribution in [0.4, 0.5) is 5.13 Å². The maximum Gasteiger partial charge on any atom is 0.205 e. The SMILES string of the molecule is CNc1nnc(CSc2nncn2C)s1. The molecule has 15 heavy (non-hydrogen) atoms. The van der Waals surface area contributed by atoms with Crippen molar-refractivity contribution in [2.75, 3.05) is 12.4 Å². The maximum atomic E-state index is 4.04. The summed E-state index contributed by atoms with van der Waals surface area (Å²) in [4.78, 5) is 0. The van der Waals surface area contributed by atoms with Crippen molar-refractivity contribution in [2.45, 2.75) is 10.9 Å². The topological polar surface area (TPSA) is 68.5 Å². The Morgan fingerprint density at radius 1 is 1.47 bits per heavy atom. The molecule has 0 atom stereocenters. The first kappa shape index (κ1) is 10.4. The highest BCUT2D eigenvalue weighted by Crippen LogP contribution is 2.23. The summed E-state index contributed by atoms with van der Waals surface area (Å²) < 4.78 is 1.88. The molecule has 0 aliphatic carbocycles. The Labute approximate surface area is 95.1 Å². The minimum atomic E-state index is 0.770. The van der Waals surface area contributed by atoms with Crippen LogP contribution in [0.15, 0.2) is 11.5 Å². The lowest BCUT2D eigenvalue weighted by Gasteiger charge is -1.96. The minimum Gasteiger partial charge on any atom is -0.363 e. The standard InChI is InChI=1S/C7H10N6S2/c1-8-6-11-10-5(15-6)3-14-7-12-9-4-13(7)2/h4H,3H2,1-2H3,(H,8,11). The molecule has 0 bridgehead atoms. The van der Waals surface area contributed by atoms with Gasteiger partial charge in [-0.3, -0.25) is 0 Å². The fourth-order valence-corrected chi connectivity index (χ4v) is 2.51. The number of aryl methyl sites for hydroxylation is 1. The minimum absolute atomic E-state index is 0.770. The van der Waals surface area contributed by atoms with Crippen LogP contribution in [0.1, 0.15) is 5.01 Å². The quantitative estimate of drug-likeness (QED) is 0.807. The summed E-state index contributed by atoms with van der Waals surface area (Å²) in [6, 6.07) is 0. The van der Waals surface area contributed by atoms with Crippen LogP contribution >= 0.6 is 23.1 Å². The summed E-state index contributed by atoms with van der Waals surface area (Å²) in [7, 11) is 3.75. The molecule has 0 saturated carbocycles. The molecule has 2 aromatic heterocycles. The van der Waals surface area contributed by atoms with Gasteiger partial charge in [-0.05, 0) is 0 Å². The molecule has 0 radical (unpaired) electrons. The molecule has 0 aromatic carbocycles. The second-order valence-electron chi connectivity index (χ2n) is 2.76. The van der Waals surface area contributed by atoms with E-state index in [9.17, 15) is 0 Å². The number of hydrogen-bond donors (Lipinski definition) is 1. The summed E-state index contributed by atoms with van der Waals surface area (Å²) in [5.74, 6) is 0.770. The Hall–Kier alpha value is -1.15. The molecule has 0 aliphatic rings. The summed E-state index contributed by atoms with van der Waals surface area (Å²) in [5, 5.41) is 21.4. The first-order valence-corrected chi connectivity index (χ1v) is 6.06. The number of nitrogens with one attached hydrogen (secondary N) is 1. The van der Waals surface area contributed by atoms with E-state index < -0.39 is 0 Å². The number of aromatic nitrogens is 5. The van der Waals surface area contributed by atoms with Crippen LogP contribution < -0.4 is 5.32 Å². The van der Waals surface area contributed by atoms with E-state index in [0.717, 1.165) is 21.0 Å². The van der Waals surface area contributed by atoms with E-state index in [1.165, 1.54) is 0 Å². The van der Waals surface area contributed by atoms with Gasteiger partial charge in [0.2, 0.25) is 5.13 Å². The maximum absolute atomic E-state index is 4.04. The van der Waals surface area contributed by atoms with Crippen LogP contribution in [0.5, 0.6) is 0 Å². The van der Waals surface area contributed by atoms with E-state index in [0.29, 0.717) is 0 Å². The summed E-state index contributed by atoms with van der Waals surface area (Å²) in [6.45, 7) is 0. The Morgan fingerprint density at radius 2 is 2.33 bits per heavy atom. The zero-order chi connectivity index (χ0) is 10.7. The van der Waals surface area contributed by atoms with E-state index in [-0.39, 0.29) is 0 Å². The van der Waals surface area contributed by atoms with Gasteiger partial charge in [0.1, 0.15) is 11.3 Å². The molecule has 6 nitrogen and oxygen atoms in total. The molecular formula is C7H10N6S2. The van der Waals surface area contributed by atoms with Gasteiger partial charge in [0.15, 0.2) is 5.16 Å². The van der Waals surface area contributed by atoms with Crippen LogP contribution in [0.3, 0.4) is 0 Å². The van der Waals surface area contributed by atoms with Crippen molar-refractivity contribution in [1.82, 2.24) is 25.0 Å². The Kier molecular flexibility index (Phi) is 3.17. The largest absolute Gasteiger partial charge is 0.363 e. The number of thioether (sulfide) groups is 1. The molecule has 0 fully saturated rings. The highest BCUT2D eigenvalue weighted by Gasteiger charge is 2.06. The van der Waals surface area contributed by atoms with Crippen molar-refractivity contribution >= 4 is 28.2 Å². The second-order valence-corrected chi connectivity index (χ2v) is 4.77. The molecule has 80 valence electrons. The number of nitrogens with zero attached hydrogens (tertiary/aromatic N) is 5. The first-order chi connectivity index (χ1) is 7.29. The van der Waals surface area contributed by atoms with E-state index >= 15 is 0 Å². The van der Waals surface area contributed by atoms with E-state index in [2.05, 4.69) is 25.7 Å². The van der Waals surface area contributed by atoms with Gasteiger partial charge in [-0.2, -0.15) is 0 Å². The summed E-state index contributed by atoms with van der Waals surface area (Å²) in [6.07, 6.45) is 1.68. The highest BCUT2D eigenvalue weighted by molar-refractivity contribution is 7.98. The van der Waals surface area contributed by atoms with Crippen molar-refractivity contribution in [3.05, 3.63) is 11.3 Å². The third-order valence-electron chi connectivity index (χ3n) is 1.68. The third-order valence-corrected chi connectivity index (χ3v) is 3.84. The van der Waals surface area contributed by atoms with Crippen molar-refractivity contribution in [1.29, 1.82) is 0 Å². The van der Waals surface area contributed by atoms with Gasteiger partial charge in [-0.25, -0.2) is 0 Å². The molecule has 2 heterocycles. The molecule has 0 spiro atoms. The molecule has 0 aliphatic heterocycles. The van der Waals surface area contributed by atoms with Crippen LogP contribution in [-0.4, -0.2) is 32.0 Å². The lowest BCUT2D eigenvalue weighted by Crippen LogP contribution is -1.89. The molecule has 0 amide bonds. The van der Waals surface area contributed by atoms with E-state index in [1.807, 2.05) is 18.7 Å². The van der Waals surface area contributed by atoms with Crippen LogP contribution in [0.2, 0.25) is 0 Å². The lowest BCUT2D eigenvalue weighted by atomic mass is 10.9. The smallest absolute Gasteiger partial charge is 0.205 e. The molecule has 0 saturated heterocycles.